The van der Waals surface area contributed by atoms with Crippen molar-refractivity contribution in [2.75, 3.05) is 0 Å². The molecule has 98 valence electrons. The molecule has 1 atom stereocenters. The molecule has 0 bridgehead atoms. The van der Waals surface area contributed by atoms with Crippen molar-refractivity contribution in [3.8, 4) is 10.4 Å². The first-order valence-corrected chi connectivity index (χ1v) is 8.10. The summed E-state index contributed by atoms with van der Waals surface area (Å²) >= 11 is 1.88. The van der Waals surface area contributed by atoms with E-state index in [1.807, 2.05) is 11.3 Å². The quantitative estimate of drug-likeness (QED) is 0.882. The van der Waals surface area contributed by atoms with E-state index in [0.29, 0.717) is 0 Å². The van der Waals surface area contributed by atoms with Gasteiger partial charge in [-0.05, 0) is 66.8 Å². The molecule has 1 aromatic heterocycles. The third-order valence-electron chi connectivity index (χ3n) is 4.47. The molecule has 1 heterocycles. The second kappa shape index (κ2) is 4.46. The minimum Gasteiger partial charge on any atom is -0.323 e. The van der Waals surface area contributed by atoms with Gasteiger partial charge in [0.15, 0.2) is 0 Å². The Morgan fingerprint density at radius 3 is 2.74 bits per heavy atom. The maximum Gasteiger partial charge on any atom is 0.0418 e. The number of thiophene rings is 1. The summed E-state index contributed by atoms with van der Waals surface area (Å²) in [6.07, 6.45) is 6.46. The predicted octanol–water partition coefficient (Wildman–Crippen LogP) is 4.31. The number of rotatable bonds is 3. The summed E-state index contributed by atoms with van der Waals surface area (Å²) in [6, 6.07) is 11.7. The van der Waals surface area contributed by atoms with Gasteiger partial charge in [-0.3, -0.25) is 0 Å². The van der Waals surface area contributed by atoms with E-state index in [9.17, 15) is 0 Å². The second-order valence-corrected chi connectivity index (χ2v) is 7.02. The molecule has 2 heteroatoms. The lowest BCUT2D eigenvalue weighted by Crippen LogP contribution is -2.10. The Morgan fingerprint density at radius 1 is 1.05 bits per heavy atom. The summed E-state index contributed by atoms with van der Waals surface area (Å²) in [7, 11) is 0. The van der Waals surface area contributed by atoms with Crippen LogP contribution >= 0.6 is 11.3 Å². The lowest BCUT2D eigenvalue weighted by atomic mass is 10.1. The topological polar surface area (TPSA) is 26.0 Å². The third-order valence-corrected chi connectivity index (χ3v) is 5.70. The molecule has 1 fully saturated rings. The molecule has 1 unspecified atom stereocenters. The maximum atomic E-state index is 6.29. The van der Waals surface area contributed by atoms with Gasteiger partial charge in [0.1, 0.15) is 0 Å². The maximum absolute atomic E-state index is 6.29. The summed E-state index contributed by atoms with van der Waals surface area (Å²) in [4.78, 5) is 2.73. The largest absolute Gasteiger partial charge is 0.323 e. The van der Waals surface area contributed by atoms with Gasteiger partial charge in [-0.25, -0.2) is 0 Å². The second-order valence-electron chi connectivity index (χ2n) is 5.90. The summed E-state index contributed by atoms with van der Waals surface area (Å²) in [5, 5.41) is 0. The van der Waals surface area contributed by atoms with Crippen molar-refractivity contribution in [3.05, 3.63) is 46.3 Å². The van der Waals surface area contributed by atoms with Gasteiger partial charge >= 0.3 is 0 Å². The molecule has 0 radical (unpaired) electrons. The molecule has 0 spiro atoms. The van der Waals surface area contributed by atoms with E-state index in [0.717, 1.165) is 5.92 Å². The molecule has 0 amide bonds. The van der Waals surface area contributed by atoms with Crippen molar-refractivity contribution in [2.24, 2.45) is 11.7 Å². The van der Waals surface area contributed by atoms with Crippen molar-refractivity contribution in [2.45, 2.75) is 38.1 Å². The van der Waals surface area contributed by atoms with Crippen LogP contribution in [0.1, 0.15) is 41.3 Å². The Labute approximate surface area is 118 Å². The van der Waals surface area contributed by atoms with Crippen LogP contribution in [0.2, 0.25) is 0 Å². The van der Waals surface area contributed by atoms with E-state index in [-0.39, 0.29) is 6.04 Å². The Hall–Kier alpha value is -1.12. The molecular weight excluding hydrogens is 250 g/mol. The molecule has 1 aromatic carbocycles. The summed E-state index contributed by atoms with van der Waals surface area (Å²) < 4.78 is 0. The van der Waals surface area contributed by atoms with Crippen LogP contribution in [-0.2, 0) is 12.8 Å². The van der Waals surface area contributed by atoms with Gasteiger partial charge < -0.3 is 5.73 Å². The highest BCUT2D eigenvalue weighted by molar-refractivity contribution is 7.15. The SMILES string of the molecule is NC(c1ccc(-c2ccc3c(c2)CCC3)s1)C1CC1. The third kappa shape index (κ3) is 2.13. The highest BCUT2D eigenvalue weighted by Crippen LogP contribution is 2.43. The average molecular weight is 269 g/mol. The van der Waals surface area contributed by atoms with E-state index in [1.54, 1.807) is 11.1 Å². The molecule has 0 saturated heterocycles. The number of aryl methyl sites for hydroxylation is 2. The molecule has 2 aromatic rings. The number of hydrogen-bond donors (Lipinski definition) is 1. The van der Waals surface area contributed by atoms with Crippen LogP contribution in [-0.4, -0.2) is 0 Å². The van der Waals surface area contributed by atoms with Crippen molar-refractivity contribution in [1.29, 1.82) is 0 Å². The van der Waals surface area contributed by atoms with Crippen molar-refractivity contribution in [1.82, 2.24) is 0 Å². The fourth-order valence-corrected chi connectivity index (χ4v) is 4.20. The Bertz CT molecular complexity index is 609. The van der Waals surface area contributed by atoms with E-state index in [4.69, 9.17) is 5.73 Å². The summed E-state index contributed by atoms with van der Waals surface area (Å²) in [6.45, 7) is 0. The van der Waals surface area contributed by atoms with Gasteiger partial charge in [0.2, 0.25) is 0 Å². The highest BCUT2D eigenvalue weighted by atomic mass is 32.1. The smallest absolute Gasteiger partial charge is 0.0418 e. The molecule has 2 aliphatic carbocycles. The molecule has 4 rings (SSSR count). The molecular formula is C17H19NS. The Kier molecular flexibility index (Phi) is 2.75. The van der Waals surface area contributed by atoms with Crippen LogP contribution in [0.25, 0.3) is 10.4 Å². The first-order valence-electron chi connectivity index (χ1n) is 7.29. The molecule has 1 saturated carbocycles. The van der Waals surface area contributed by atoms with Crippen LogP contribution in [0.5, 0.6) is 0 Å². The van der Waals surface area contributed by atoms with E-state index >= 15 is 0 Å². The van der Waals surface area contributed by atoms with Gasteiger partial charge in [0.25, 0.3) is 0 Å². The van der Waals surface area contributed by atoms with Crippen LogP contribution in [0.4, 0.5) is 0 Å². The average Bonchev–Trinajstić information content (AvgIpc) is 2.99. The van der Waals surface area contributed by atoms with Crippen molar-refractivity contribution in [3.63, 3.8) is 0 Å². The number of hydrogen-bond acceptors (Lipinski definition) is 2. The zero-order valence-corrected chi connectivity index (χ0v) is 11.9. The number of benzene rings is 1. The Morgan fingerprint density at radius 2 is 1.89 bits per heavy atom. The molecule has 2 N–H and O–H groups in total. The van der Waals surface area contributed by atoms with E-state index in [1.165, 1.54) is 47.4 Å². The fourth-order valence-electron chi connectivity index (χ4n) is 3.10. The minimum atomic E-state index is 0.271. The lowest BCUT2D eigenvalue weighted by Gasteiger charge is -2.06. The van der Waals surface area contributed by atoms with Gasteiger partial charge in [-0.1, -0.05) is 18.2 Å². The summed E-state index contributed by atoms with van der Waals surface area (Å²) in [5.41, 5.74) is 10.8. The monoisotopic (exact) mass is 269 g/mol. The lowest BCUT2D eigenvalue weighted by molar-refractivity contribution is 0.645. The molecule has 0 aliphatic heterocycles. The Balaban J connectivity index is 1.65. The van der Waals surface area contributed by atoms with E-state index in [2.05, 4.69) is 30.3 Å². The van der Waals surface area contributed by atoms with Crippen LogP contribution < -0.4 is 5.73 Å². The van der Waals surface area contributed by atoms with Gasteiger partial charge in [-0.2, -0.15) is 0 Å². The van der Waals surface area contributed by atoms with Gasteiger partial charge in [-0.15, -0.1) is 11.3 Å². The zero-order chi connectivity index (χ0) is 12.8. The van der Waals surface area contributed by atoms with Crippen LogP contribution in [0, 0.1) is 5.92 Å². The van der Waals surface area contributed by atoms with Gasteiger partial charge in [0.05, 0.1) is 0 Å². The first-order chi connectivity index (χ1) is 9.31. The van der Waals surface area contributed by atoms with Gasteiger partial charge in [0, 0.05) is 15.8 Å². The van der Waals surface area contributed by atoms with E-state index < -0.39 is 0 Å². The van der Waals surface area contributed by atoms with Crippen molar-refractivity contribution >= 4 is 11.3 Å². The summed E-state index contributed by atoms with van der Waals surface area (Å²) in [5.74, 6) is 0.742. The number of nitrogens with two attached hydrogens (primary N) is 1. The molecule has 19 heavy (non-hydrogen) atoms. The minimum absolute atomic E-state index is 0.271. The number of fused-ring (bicyclic) bond motifs is 1. The molecule has 2 aliphatic rings. The standard InChI is InChI=1S/C17H19NS/c18-17(12-5-6-12)16-9-8-15(19-16)14-7-4-11-2-1-3-13(11)10-14/h4,7-10,12,17H,1-3,5-6,18H2. The normalized spacial score (nSPS) is 19.4. The van der Waals surface area contributed by atoms with Crippen LogP contribution in [0.3, 0.4) is 0 Å². The van der Waals surface area contributed by atoms with Crippen LogP contribution in [0.15, 0.2) is 30.3 Å². The fraction of sp³-hybridized carbons (Fsp3) is 0.412. The predicted molar refractivity (Wildman–Crippen MR) is 81.4 cm³/mol. The molecule has 1 nitrogen and oxygen atoms in total. The highest BCUT2D eigenvalue weighted by Gasteiger charge is 2.30. The first kappa shape index (κ1) is 11.7. The zero-order valence-electron chi connectivity index (χ0n) is 11.1. The van der Waals surface area contributed by atoms with Crippen molar-refractivity contribution < 1.29 is 0 Å².